The van der Waals surface area contributed by atoms with Gasteiger partial charge >= 0.3 is 12.4 Å². The van der Waals surface area contributed by atoms with E-state index in [1.807, 2.05) is 0 Å². The molecule has 0 spiro atoms. The minimum atomic E-state index is -4.83. The molecule has 0 heterocycles. The Hall–Kier alpha value is -1.35. The van der Waals surface area contributed by atoms with Gasteiger partial charge in [0.1, 0.15) is 11.9 Å². The van der Waals surface area contributed by atoms with Crippen LogP contribution in [-0.2, 0) is 6.18 Å². The first-order valence-corrected chi connectivity index (χ1v) is 5.30. The zero-order chi connectivity index (χ0) is 15.7. The highest BCUT2D eigenvalue weighted by atomic mass is 19.4. The number of nitrogens with two attached hydrogens (primary N) is 1. The Morgan fingerprint density at radius 2 is 1.65 bits per heavy atom. The van der Waals surface area contributed by atoms with Crippen LogP contribution in [0.15, 0.2) is 18.2 Å². The van der Waals surface area contributed by atoms with E-state index in [4.69, 9.17) is 5.73 Å². The van der Waals surface area contributed by atoms with Crippen molar-refractivity contribution in [3.63, 3.8) is 0 Å². The molecular weight excluding hydrogens is 295 g/mol. The van der Waals surface area contributed by atoms with E-state index in [1.165, 1.54) is 0 Å². The lowest BCUT2D eigenvalue weighted by molar-refractivity contribution is -0.154. The van der Waals surface area contributed by atoms with Crippen molar-refractivity contribution in [3.05, 3.63) is 35.1 Å². The number of alkyl halides is 6. The van der Waals surface area contributed by atoms with Crippen LogP contribution < -0.4 is 5.73 Å². The van der Waals surface area contributed by atoms with Crippen LogP contribution in [0, 0.1) is 5.82 Å². The second-order valence-corrected chi connectivity index (χ2v) is 4.13. The SMILES string of the molecule is N[C@@H](C[C@H](O)c1cc(C(F)(F)F)ccc1F)C(F)(F)F. The highest BCUT2D eigenvalue weighted by Gasteiger charge is 2.39. The first kappa shape index (κ1) is 16.7. The summed E-state index contributed by atoms with van der Waals surface area (Å²) < 4.78 is 87.1. The normalized spacial score (nSPS) is 16.1. The fourth-order valence-electron chi connectivity index (χ4n) is 1.48. The molecule has 2 nitrogen and oxygen atoms in total. The molecule has 1 aromatic carbocycles. The van der Waals surface area contributed by atoms with E-state index in [-0.39, 0.29) is 6.07 Å². The summed E-state index contributed by atoms with van der Waals surface area (Å²) in [6.45, 7) is 0. The number of benzene rings is 1. The smallest absolute Gasteiger partial charge is 0.388 e. The van der Waals surface area contributed by atoms with Crippen molar-refractivity contribution in [1.82, 2.24) is 0 Å². The Labute approximate surface area is 109 Å². The second-order valence-electron chi connectivity index (χ2n) is 4.13. The molecule has 9 heteroatoms. The second kappa shape index (κ2) is 5.57. The third kappa shape index (κ3) is 4.07. The van der Waals surface area contributed by atoms with Gasteiger partial charge in [-0.3, -0.25) is 0 Å². The molecule has 1 aromatic rings. The van der Waals surface area contributed by atoms with E-state index in [0.29, 0.717) is 12.1 Å². The zero-order valence-corrected chi connectivity index (χ0v) is 9.76. The maximum absolute atomic E-state index is 13.3. The summed E-state index contributed by atoms with van der Waals surface area (Å²) in [6, 6.07) is -1.34. The number of rotatable bonds is 3. The van der Waals surface area contributed by atoms with Gasteiger partial charge < -0.3 is 10.8 Å². The van der Waals surface area contributed by atoms with E-state index < -0.39 is 47.9 Å². The van der Waals surface area contributed by atoms with Crippen molar-refractivity contribution in [1.29, 1.82) is 0 Å². The third-order valence-electron chi connectivity index (χ3n) is 2.58. The Morgan fingerprint density at radius 1 is 1.10 bits per heavy atom. The molecule has 114 valence electrons. The van der Waals surface area contributed by atoms with Crippen LogP contribution in [-0.4, -0.2) is 17.3 Å². The number of aliphatic hydroxyl groups is 1. The Balaban J connectivity index is 3.01. The Bertz CT molecular complexity index is 469. The molecule has 0 aliphatic carbocycles. The number of halogens is 7. The van der Waals surface area contributed by atoms with Gasteiger partial charge in [-0.2, -0.15) is 26.3 Å². The fourth-order valence-corrected chi connectivity index (χ4v) is 1.48. The molecule has 0 aliphatic rings. The summed E-state index contributed by atoms with van der Waals surface area (Å²) in [4.78, 5) is 0. The van der Waals surface area contributed by atoms with Crippen molar-refractivity contribution in [3.8, 4) is 0 Å². The molecule has 0 radical (unpaired) electrons. The quantitative estimate of drug-likeness (QED) is 0.843. The van der Waals surface area contributed by atoms with E-state index in [1.54, 1.807) is 0 Å². The molecule has 1 rings (SSSR count). The summed E-state index contributed by atoms with van der Waals surface area (Å²) >= 11 is 0. The average Bonchev–Trinajstić information content (AvgIpc) is 2.26. The molecule has 0 fully saturated rings. The lowest BCUT2D eigenvalue weighted by Gasteiger charge is -2.20. The monoisotopic (exact) mass is 305 g/mol. The van der Waals surface area contributed by atoms with E-state index >= 15 is 0 Å². The lowest BCUT2D eigenvalue weighted by Crippen LogP contribution is -2.38. The van der Waals surface area contributed by atoms with Gasteiger partial charge in [-0.05, 0) is 18.2 Å². The van der Waals surface area contributed by atoms with Crippen molar-refractivity contribution in [2.45, 2.75) is 30.9 Å². The highest BCUT2D eigenvalue weighted by molar-refractivity contribution is 5.28. The van der Waals surface area contributed by atoms with Crippen molar-refractivity contribution >= 4 is 0 Å². The maximum Gasteiger partial charge on any atom is 0.416 e. The van der Waals surface area contributed by atoms with Crippen LogP contribution in [0.4, 0.5) is 30.7 Å². The Morgan fingerprint density at radius 3 is 2.10 bits per heavy atom. The lowest BCUT2D eigenvalue weighted by atomic mass is 9.99. The summed E-state index contributed by atoms with van der Waals surface area (Å²) in [6.07, 6.45) is -12.9. The molecule has 0 saturated heterocycles. The van der Waals surface area contributed by atoms with Gasteiger partial charge in [-0.25, -0.2) is 4.39 Å². The number of hydrogen-bond donors (Lipinski definition) is 2. The van der Waals surface area contributed by atoms with Crippen molar-refractivity contribution in [2.24, 2.45) is 5.73 Å². The summed E-state index contributed by atoms with van der Waals surface area (Å²) in [7, 11) is 0. The van der Waals surface area contributed by atoms with E-state index in [9.17, 15) is 35.8 Å². The first-order chi connectivity index (χ1) is 8.93. The highest BCUT2D eigenvalue weighted by Crippen LogP contribution is 2.33. The van der Waals surface area contributed by atoms with Crippen LogP contribution in [0.1, 0.15) is 23.7 Å². The van der Waals surface area contributed by atoms with Crippen molar-refractivity contribution < 1.29 is 35.8 Å². The van der Waals surface area contributed by atoms with Crippen LogP contribution in [0.3, 0.4) is 0 Å². The van der Waals surface area contributed by atoms with Gasteiger partial charge in [0.25, 0.3) is 0 Å². The van der Waals surface area contributed by atoms with Gasteiger partial charge in [-0.15, -0.1) is 0 Å². The summed E-state index contributed by atoms with van der Waals surface area (Å²) in [5, 5.41) is 9.44. The largest absolute Gasteiger partial charge is 0.416 e. The molecule has 20 heavy (non-hydrogen) atoms. The third-order valence-corrected chi connectivity index (χ3v) is 2.58. The van der Waals surface area contributed by atoms with Crippen LogP contribution in [0.2, 0.25) is 0 Å². The molecule has 0 aromatic heterocycles. The predicted molar refractivity (Wildman–Crippen MR) is 55.0 cm³/mol. The minimum absolute atomic E-state index is 0.267. The fraction of sp³-hybridized carbons (Fsp3) is 0.455. The van der Waals surface area contributed by atoms with Crippen LogP contribution in [0.5, 0.6) is 0 Å². The van der Waals surface area contributed by atoms with Crippen LogP contribution in [0.25, 0.3) is 0 Å². The number of aliphatic hydroxyl groups excluding tert-OH is 1. The molecular formula is C11H10F7NO. The molecule has 0 unspecified atom stereocenters. The van der Waals surface area contributed by atoms with Gasteiger partial charge in [0.2, 0.25) is 0 Å². The molecule has 0 bridgehead atoms. The number of hydrogen-bond acceptors (Lipinski definition) is 2. The van der Waals surface area contributed by atoms with Gasteiger partial charge in [-0.1, -0.05) is 0 Å². The molecule has 0 amide bonds. The van der Waals surface area contributed by atoms with Gasteiger partial charge in [0.15, 0.2) is 0 Å². The maximum atomic E-state index is 13.3. The predicted octanol–water partition coefficient (Wildman–Crippen LogP) is 3.16. The van der Waals surface area contributed by atoms with E-state index in [2.05, 4.69) is 0 Å². The average molecular weight is 305 g/mol. The standard InChI is InChI=1S/C11H10F7NO/c12-7-2-1-5(10(13,14)15)3-6(7)8(20)4-9(19)11(16,17)18/h1-3,8-9,20H,4,19H2/t8-,9-/m0/s1. The molecule has 2 atom stereocenters. The molecule has 0 aliphatic heterocycles. The molecule has 3 N–H and O–H groups in total. The minimum Gasteiger partial charge on any atom is -0.388 e. The Kier molecular flexibility index (Phi) is 4.65. The van der Waals surface area contributed by atoms with Gasteiger partial charge in [0, 0.05) is 12.0 Å². The topological polar surface area (TPSA) is 46.2 Å². The molecule has 0 saturated carbocycles. The van der Waals surface area contributed by atoms with E-state index in [0.717, 1.165) is 0 Å². The zero-order valence-electron chi connectivity index (χ0n) is 9.76. The summed E-state index contributed by atoms with van der Waals surface area (Å²) in [5.41, 5.74) is 2.59. The summed E-state index contributed by atoms with van der Waals surface area (Å²) in [5.74, 6) is -1.24. The van der Waals surface area contributed by atoms with Gasteiger partial charge in [0.05, 0.1) is 11.7 Å². The first-order valence-electron chi connectivity index (χ1n) is 5.30. The van der Waals surface area contributed by atoms with Crippen molar-refractivity contribution in [2.75, 3.05) is 0 Å². The van der Waals surface area contributed by atoms with Crippen LogP contribution >= 0.6 is 0 Å².